The summed E-state index contributed by atoms with van der Waals surface area (Å²) in [6.07, 6.45) is -8.71. The molecule has 3 aromatic rings. The van der Waals surface area contributed by atoms with Crippen LogP contribution in [0.1, 0.15) is 22.4 Å². The molecule has 34 heavy (non-hydrogen) atoms. The highest BCUT2D eigenvalue weighted by Crippen LogP contribution is 2.37. The van der Waals surface area contributed by atoms with Gasteiger partial charge in [0.25, 0.3) is 0 Å². The van der Waals surface area contributed by atoms with Crippen LogP contribution < -0.4 is 4.74 Å². The molecule has 3 rings (SSSR count). The molecule has 0 bridgehead atoms. The maximum Gasteiger partial charge on any atom is 0.438 e. The van der Waals surface area contributed by atoms with E-state index >= 15 is 0 Å². The van der Waals surface area contributed by atoms with Gasteiger partial charge in [0, 0.05) is 0 Å². The number of hydrogen-bond acceptors (Lipinski definition) is 6. The summed E-state index contributed by atoms with van der Waals surface area (Å²) in [5, 5.41) is 0. The lowest BCUT2D eigenvalue weighted by molar-refractivity contribution is -0.142. The molecular formula is C22H16F6N2O4. The van der Waals surface area contributed by atoms with Crippen LogP contribution in [-0.2, 0) is 33.2 Å². The second-order valence-electron chi connectivity index (χ2n) is 6.78. The van der Waals surface area contributed by atoms with Crippen LogP contribution in [-0.4, -0.2) is 30.2 Å². The number of alkyl halides is 6. The monoisotopic (exact) mass is 486 g/mol. The van der Waals surface area contributed by atoms with Crippen LogP contribution in [0.15, 0.2) is 48.7 Å². The summed E-state index contributed by atoms with van der Waals surface area (Å²) in [6, 6.07) is 8.23. The van der Waals surface area contributed by atoms with Crippen LogP contribution >= 0.6 is 0 Å². The van der Waals surface area contributed by atoms with E-state index < -0.39 is 47.6 Å². The topological polar surface area (TPSA) is 70.5 Å². The first-order valence-electron chi connectivity index (χ1n) is 9.44. The van der Waals surface area contributed by atoms with Crippen molar-refractivity contribution in [3.05, 3.63) is 71.1 Å². The highest BCUT2D eigenvalue weighted by molar-refractivity contribution is 6.16. The molecule has 0 unspecified atom stereocenters. The summed E-state index contributed by atoms with van der Waals surface area (Å²) in [5.74, 6) is -1.68. The molecule has 0 atom stereocenters. The molecule has 1 heterocycles. The summed E-state index contributed by atoms with van der Waals surface area (Å²) in [5.41, 5.74) is -3.01. The molecule has 0 radical (unpaired) electrons. The lowest BCUT2D eigenvalue weighted by Crippen LogP contribution is -2.14. The predicted molar refractivity (Wildman–Crippen MR) is 107 cm³/mol. The van der Waals surface area contributed by atoms with Gasteiger partial charge in [0.15, 0.2) is 0 Å². The lowest BCUT2D eigenvalue weighted by atomic mass is 10.0. The number of aromatic nitrogens is 2. The van der Waals surface area contributed by atoms with Gasteiger partial charge in [-0.05, 0) is 29.3 Å². The number of ether oxygens (including phenoxy) is 3. The number of hydrogen-bond donors (Lipinski definition) is 0. The van der Waals surface area contributed by atoms with Crippen LogP contribution in [0.25, 0.3) is 16.6 Å². The smallest absolute Gasteiger partial charge is 0.438 e. The number of benzene rings is 2. The fraction of sp³-hybridized carbons (Fsp3) is 0.227. The number of halogens is 6. The van der Waals surface area contributed by atoms with Gasteiger partial charge in [-0.15, -0.1) is 0 Å². The van der Waals surface area contributed by atoms with Crippen molar-refractivity contribution < 1.29 is 45.3 Å². The number of methoxy groups -OCH3 is 2. The van der Waals surface area contributed by atoms with E-state index in [0.29, 0.717) is 17.7 Å². The highest BCUT2D eigenvalue weighted by atomic mass is 19.4. The van der Waals surface area contributed by atoms with Crippen molar-refractivity contribution >= 4 is 22.6 Å². The molecule has 12 heteroatoms. The lowest BCUT2D eigenvalue weighted by Gasteiger charge is -2.16. The maximum atomic E-state index is 13.6. The molecule has 0 N–H and O–H groups in total. The molecular weight excluding hydrogens is 470 g/mol. The zero-order chi connectivity index (χ0) is 25.1. The number of rotatable bonds is 6. The molecule has 0 spiro atoms. The van der Waals surface area contributed by atoms with E-state index in [1.54, 1.807) is 12.1 Å². The van der Waals surface area contributed by atoms with Crippen LogP contribution in [0.2, 0.25) is 0 Å². The van der Waals surface area contributed by atoms with Crippen molar-refractivity contribution in [1.82, 2.24) is 9.97 Å². The molecule has 180 valence electrons. The predicted octanol–water partition coefficient (Wildman–Crippen LogP) is 5.41. The number of carbonyl (C=O) groups excluding carboxylic acids is 1. The summed E-state index contributed by atoms with van der Waals surface area (Å²) < 4.78 is 94.5. The Morgan fingerprint density at radius 1 is 0.941 bits per heavy atom. The van der Waals surface area contributed by atoms with E-state index in [4.69, 9.17) is 14.2 Å². The van der Waals surface area contributed by atoms with E-state index in [-0.39, 0.29) is 16.7 Å². The third-order valence-corrected chi connectivity index (χ3v) is 4.54. The summed E-state index contributed by atoms with van der Waals surface area (Å²) in [7, 11) is 2.45. The molecule has 0 fully saturated rings. The van der Waals surface area contributed by atoms with Gasteiger partial charge >= 0.3 is 18.3 Å². The van der Waals surface area contributed by atoms with Crippen LogP contribution in [0.3, 0.4) is 0 Å². The van der Waals surface area contributed by atoms with Crippen LogP contribution in [0.5, 0.6) is 5.88 Å². The van der Waals surface area contributed by atoms with Crippen molar-refractivity contribution in [3.8, 4) is 5.88 Å². The van der Waals surface area contributed by atoms with E-state index in [1.807, 2.05) is 0 Å². The Morgan fingerprint density at radius 2 is 1.65 bits per heavy atom. The van der Waals surface area contributed by atoms with Gasteiger partial charge in [-0.2, -0.15) is 26.3 Å². The fourth-order valence-corrected chi connectivity index (χ4v) is 3.00. The third-order valence-electron chi connectivity index (χ3n) is 4.54. The number of fused-ring (bicyclic) bond motifs is 1. The Bertz CT molecular complexity index is 1240. The first-order chi connectivity index (χ1) is 16.0. The normalized spacial score (nSPS) is 12.5. The molecule has 0 aliphatic rings. The van der Waals surface area contributed by atoms with Crippen LogP contribution in [0.4, 0.5) is 26.3 Å². The molecule has 6 nitrogen and oxygen atoms in total. The zero-order valence-electron chi connectivity index (χ0n) is 17.6. The highest BCUT2D eigenvalue weighted by Gasteiger charge is 2.39. The average Bonchev–Trinajstić information content (AvgIpc) is 2.78. The van der Waals surface area contributed by atoms with Gasteiger partial charge in [0.1, 0.15) is 12.2 Å². The molecule has 2 aromatic carbocycles. The average molecular weight is 486 g/mol. The number of nitrogens with zero attached hydrogens (tertiary/aromatic N) is 2. The Hall–Kier alpha value is -3.83. The molecule has 0 amide bonds. The van der Waals surface area contributed by atoms with Gasteiger partial charge in [-0.1, -0.05) is 24.3 Å². The van der Waals surface area contributed by atoms with Crippen molar-refractivity contribution in [2.45, 2.75) is 19.0 Å². The molecule has 0 saturated heterocycles. The third kappa shape index (κ3) is 5.38. The Morgan fingerprint density at radius 3 is 2.26 bits per heavy atom. The minimum Gasteiger partial charge on any atom is -0.503 e. The largest absolute Gasteiger partial charge is 0.503 e. The summed E-state index contributed by atoms with van der Waals surface area (Å²) in [4.78, 5) is 19.2. The molecule has 0 aliphatic heterocycles. The van der Waals surface area contributed by atoms with Crippen molar-refractivity contribution in [2.75, 3.05) is 14.2 Å². The zero-order valence-corrected chi connectivity index (χ0v) is 17.6. The van der Waals surface area contributed by atoms with Crippen molar-refractivity contribution in [3.63, 3.8) is 0 Å². The summed E-state index contributed by atoms with van der Waals surface area (Å²) >= 11 is 0. The second kappa shape index (κ2) is 9.57. The quantitative estimate of drug-likeness (QED) is 0.201. The molecule has 0 saturated carbocycles. The van der Waals surface area contributed by atoms with Gasteiger partial charge in [-0.25, -0.2) is 14.8 Å². The van der Waals surface area contributed by atoms with Crippen LogP contribution in [0, 0.1) is 0 Å². The molecule has 0 aliphatic carbocycles. The van der Waals surface area contributed by atoms with E-state index in [1.165, 1.54) is 19.2 Å². The standard InChI is InChI=1S/C22H16F6N2O4/c1-32-11-15(20(31)33-2)14-6-4-3-5-12(14)10-34-19-18(22(26,27)28)29-17-9-13(21(23,24)25)7-8-16(17)30-19/h3-9,11H,10H2,1-2H3/b15-11+. The van der Waals surface area contributed by atoms with Crippen molar-refractivity contribution in [2.24, 2.45) is 0 Å². The minimum atomic E-state index is -5.06. The van der Waals surface area contributed by atoms with Gasteiger partial charge < -0.3 is 14.2 Å². The van der Waals surface area contributed by atoms with Gasteiger partial charge in [0.2, 0.25) is 11.6 Å². The first-order valence-corrected chi connectivity index (χ1v) is 9.44. The van der Waals surface area contributed by atoms with E-state index in [9.17, 15) is 31.1 Å². The fourth-order valence-electron chi connectivity index (χ4n) is 3.00. The number of carbonyl (C=O) groups is 1. The first kappa shape index (κ1) is 24.8. The van der Waals surface area contributed by atoms with Gasteiger partial charge in [-0.3, -0.25) is 0 Å². The van der Waals surface area contributed by atoms with Crippen molar-refractivity contribution in [1.29, 1.82) is 0 Å². The second-order valence-corrected chi connectivity index (χ2v) is 6.78. The van der Waals surface area contributed by atoms with Gasteiger partial charge in [0.05, 0.1) is 37.1 Å². The minimum absolute atomic E-state index is 0.00970. The Kier molecular flexibility index (Phi) is 6.99. The Labute approximate surface area is 188 Å². The molecule has 1 aromatic heterocycles. The number of esters is 1. The van der Waals surface area contributed by atoms with E-state index in [2.05, 4.69) is 9.97 Å². The Balaban J connectivity index is 2.03. The SMILES string of the molecule is CO/C=C(/C(=O)OC)c1ccccc1COc1nc2ccc(C(F)(F)F)cc2nc1C(F)(F)F. The van der Waals surface area contributed by atoms with E-state index in [0.717, 1.165) is 19.4 Å². The summed E-state index contributed by atoms with van der Waals surface area (Å²) in [6.45, 7) is -0.474. The maximum absolute atomic E-state index is 13.6.